The van der Waals surface area contributed by atoms with Crippen LogP contribution in [0.1, 0.15) is 18.1 Å². The van der Waals surface area contributed by atoms with E-state index in [2.05, 4.69) is 15.9 Å². The van der Waals surface area contributed by atoms with Crippen LogP contribution in [0.3, 0.4) is 0 Å². The number of rotatable bonds is 5. The van der Waals surface area contributed by atoms with Gasteiger partial charge in [-0.25, -0.2) is 0 Å². The number of anilines is 1. The molecule has 7 heteroatoms. The van der Waals surface area contributed by atoms with Crippen LogP contribution in [0.5, 0.6) is 11.5 Å². The van der Waals surface area contributed by atoms with Crippen molar-refractivity contribution >= 4 is 61.9 Å². The maximum absolute atomic E-state index is 12.9. The Hall–Kier alpha value is -1.83. The van der Waals surface area contributed by atoms with Gasteiger partial charge in [0.05, 0.1) is 24.3 Å². The first-order valence-corrected chi connectivity index (χ1v) is 10.3. The lowest BCUT2D eigenvalue weighted by atomic mass is 10.1. The van der Waals surface area contributed by atoms with Crippen molar-refractivity contribution in [2.75, 3.05) is 18.6 Å². The van der Waals surface area contributed by atoms with Crippen molar-refractivity contribution in [2.45, 2.75) is 13.8 Å². The summed E-state index contributed by atoms with van der Waals surface area (Å²) in [5, 5.41) is 0. The van der Waals surface area contributed by atoms with Crippen molar-refractivity contribution < 1.29 is 14.3 Å². The smallest absolute Gasteiger partial charge is 0.270 e. The highest BCUT2D eigenvalue weighted by Crippen LogP contribution is 2.39. The van der Waals surface area contributed by atoms with Gasteiger partial charge in [-0.2, -0.15) is 0 Å². The standard InChI is InChI=1S/C20H18BrNO3S2/c1-4-25-17-11-15(21)13(9-16(17)24-3)10-18-19(23)22(20(26)27-18)14-7-5-12(2)6-8-14/h5-11H,4H2,1-3H3/b18-10+. The average molecular weight is 464 g/mol. The van der Waals surface area contributed by atoms with E-state index in [1.54, 1.807) is 12.0 Å². The van der Waals surface area contributed by atoms with Gasteiger partial charge in [0.15, 0.2) is 15.8 Å². The summed E-state index contributed by atoms with van der Waals surface area (Å²) in [5.74, 6) is 1.13. The van der Waals surface area contributed by atoms with Gasteiger partial charge < -0.3 is 9.47 Å². The number of ether oxygens (including phenoxy) is 2. The number of carbonyl (C=O) groups is 1. The quantitative estimate of drug-likeness (QED) is 0.427. The molecule has 1 saturated heterocycles. The fourth-order valence-electron chi connectivity index (χ4n) is 2.61. The van der Waals surface area contributed by atoms with Crippen LogP contribution >= 0.6 is 39.9 Å². The van der Waals surface area contributed by atoms with Crippen molar-refractivity contribution in [2.24, 2.45) is 0 Å². The molecule has 2 aromatic rings. The Kier molecular flexibility index (Phi) is 6.24. The van der Waals surface area contributed by atoms with Gasteiger partial charge >= 0.3 is 0 Å². The molecule has 27 heavy (non-hydrogen) atoms. The molecule has 0 N–H and O–H groups in total. The zero-order valence-electron chi connectivity index (χ0n) is 15.1. The van der Waals surface area contributed by atoms with Crippen LogP contribution in [-0.4, -0.2) is 23.9 Å². The first-order valence-electron chi connectivity index (χ1n) is 8.29. The number of thioether (sulfide) groups is 1. The molecule has 0 aromatic heterocycles. The summed E-state index contributed by atoms with van der Waals surface area (Å²) < 4.78 is 12.3. The lowest BCUT2D eigenvalue weighted by Gasteiger charge is -2.14. The Balaban J connectivity index is 1.95. The maximum Gasteiger partial charge on any atom is 0.270 e. The zero-order chi connectivity index (χ0) is 19.6. The Labute approximate surface area is 176 Å². The summed E-state index contributed by atoms with van der Waals surface area (Å²) in [6.07, 6.45) is 1.82. The molecule has 1 aliphatic rings. The van der Waals surface area contributed by atoms with Crippen molar-refractivity contribution in [3.8, 4) is 11.5 Å². The van der Waals surface area contributed by atoms with E-state index in [4.69, 9.17) is 21.7 Å². The molecule has 0 saturated carbocycles. The molecule has 0 atom stereocenters. The molecule has 1 fully saturated rings. The maximum atomic E-state index is 12.9. The number of amides is 1. The van der Waals surface area contributed by atoms with Gasteiger partial charge in [-0.15, -0.1) is 0 Å². The Bertz CT molecular complexity index is 926. The molecule has 1 heterocycles. The third-order valence-corrected chi connectivity index (χ3v) is 5.94. The predicted molar refractivity (Wildman–Crippen MR) is 119 cm³/mol. The van der Waals surface area contributed by atoms with Gasteiger partial charge in [0.25, 0.3) is 5.91 Å². The number of methoxy groups -OCH3 is 1. The summed E-state index contributed by atoms with van der Waals surface area (Å²) >= 11 is 10.3. The molecule has 3 rings (SSSR count). The van der Waals surface area contributed by atoms with Gasteiger partial charge in [0.1, 0.15) is 0 Å². The molecule has 0 unspecified atom stereocenters. The van der Waals surface area contributed by atoms with E-state index in [1.165, 1.54) is 11.8 Å². The molecule has 4 nitrogen and oxygen atoms in total. The molecular formula is C20H18BrNO3S2. The van der Waals surface area contributed by atoms with E-state index in [9.17, 15) is 4.79 Å². The predicted octanol–water partition coefficient (Wildman–Crippen LogP) is 5.57. The molecule has 0 radical (unpaired) electrons. The van der Waals surface area contributed by atoms with E-state index < -0.39 is 0 Å². The van der Waals surface area contributed by atoms with Crippen LogP contribution in [0.15, 0.2) is 45.8 Å². The number of thiocarbonyl (C=S) groups is 1. The highest BCUT2D eigenvalue weighted by atomic mass is 79.9. The Morgan fingerprint density at radius 3 is 2.56 bits per heavy atom. The first kappa shape index (κ1) is 19.9. The molecule has 2 aromatic carbocycles. The number of nitrogens with zero attached hydrogens (tertiary/aromatic N) is 1. The second-order valence-electron chi connectivity index (χ2n) is 5.81. The van der Waals surface area contributed by atoms with Gasteiger partial charge in [-0.05, 0) is 49.8 Å². The van der Waals surface area contributed by atoms with Gasteiger partial charge in [-0.3, -0.25) is 9.69 Å². The molecule has 0 bridgehead atoms. The molecule has 1 aliphatic heterocycles. The molecule has 0 aliphatic carbocycles. The van der Waals surface area contributed by atoms with Crippen molar-refractivity contribution in [1.29, 1.82) is 0 Å². The second-order valence-corrected chi connectivity index (χ2v) is 8.34. The van der Waals surface area contributed by atoms with E-state index in [0.717, 1.165) is 21.3 Å². The highest BCUT2D eigenvalue weighted by Gasteiger charge is 2.33. The highest BCUT2D eigenvalue weighted by molar-refractivity contribution is 9.10. The summed E-state index contributed by atoms with van der Waals surface area (Å²) in [6, 6.07) is 11.4. The van der Waals surface area contributed by atoms with Crippen LogP contribution in [0, 0.1) is 6.92 Å². The Morgan fingerprint density at radius 2 is 1.93 bits per heavy atom. The minimum atomic E-state index is -0.131. The van der Waals surface area contributed by atoms with E-state index in [0.29, 0.717) is 27.3 Å². The van der Waals surface area contributed by atoms with Gasteiger partial charge in [-0.1, -0.05) is 57.6 Å². The van der Waals surface area contributed by atoms with E-state index in [-0.39, 0.29) is 5.91 Å². The van der Waals surface area contributed by atoms with Gasteiger partial charge in [0, 0.05) is 4.47 Å². The molecule has 140 valence electrons. The monoisotopic (exact) mass is 463 g/mol. The molecule has 1 amide bonds. The van der Waals surface area contributed by atoms with Crippen LogP contribution in [0.2, 0.25) is 0 Å². The topological polar surface area (TPSA) is 38.8 Å². The van der Waals surface area contributed by atoms with Crippen LogP contribution in [0.4, 0.5) is 5.69 Å². The SMILES string of the molecule is CCOc1cc(Br)c(/C=C2/SC(=S)N(c3ccc(C)cc3)C2=O)cc1OC. The summed E-state index contributed by atoms with van der Waals surface area (Å²) in [4.78, 5) is 15.0. The lowest BCUT2D eigenvalue weighted by Crippen LogP contribution is -2.27. The van der Waals surface area contributed by atoms with Crippen LogP contribution in [0.25, 0.3) is 6.08 Å². The first-order chi connectivity index (χ1) is 12.9. The van der Waals surface area contributed by atoms with Gasteiger partial charge in [0.2, 0.25) is 0 Å². The average Bonchev–Trinajstić information content (AvgIpc) is 2.92. The van der Waals surface area contributed by atoms with Crippen molar-refractivity contribution in [3.63, 3.8) is 0 Å². The summed E-state index contributed by atoms with van der Waals surface area (Å²) in [7, 11) is 1.59. The number of carbonyl (C=O) groups excluding carboxylic acids is 1. The number of hydrogen-bond donors (Lipinski definition) is 0. The fraction of sp³-hybridized carbons (Fsp3) is 0.200. The van der Waals surface area contributed by atoms with Crippen molar-refractivity contribution in [3.05, 3.63) is 56.9 Å². The van der Waals surface area contributed by atoms with Crippen molar-refractivity contribution in [1.82, 2.24) is 0 Å². The summed E-state index contributed by atoms with van der Waals surface area (Å²) in [6.45, 7) is 4.46. The summed E-state index contributed by atoms with van der Waals surface area (Å²) in [5.41, 5.74) is 2.72. The number of aryl methyl sites for hydroxylation is 1. The lowest BCUT2D eigenvalue weighted by molar-refractivity contribution is -0.113. The normalized spacial score (nSPS) is 15.6. The Morgan fingerprint density at radius 1 is 1.22 bits per heavy atom. The number of benzene rings is 2. The molecular weight excluding hydrogens is 446 g/mol. The largest absolute Gasteiger partial charge is 0.493 e. The minimum Gasteiger partial charge on any atom is -0.493 e. The van der Waals surface area contributed by atoms with Crippen LogP contribution < -0.4 is 14.4 Å². The zero-order valence-corrected chi connectivity index (χ0v) is 18.3. The number of halogens is 1. The minimum absolute atomic E-state index is 0.131. The second kappa shape index (κ2) is 8.46. The fourth-order valence-corrected chi connectivity index (χ4v) is 4.34. The van der Waals surface area contributed by atoms with Crippen LogP contribution in [-0.2, 0) is 4.79 Å². The molecule has 0 spiro atoms. The number of hydrogen-bond acceptors (Lipinski definition) is 5. The van der Waals surface area contributed by atoms with E-state index >= 15 is 0 Å². The third kappa shape index (κ3) is 4.20. The van der Waals surface area contributed by atoms with E-state index in [1.807, 2.05) is 56.3 Å². The third-order valence-electron chi connectivity index (χ3n) is 3.96.